The lowest BCUT2D eigenvalue weighted by Crippen LogP contribution is -2.55. The standard InChI is InChI=1S/C16H23F2NO/c1-19(2)16(8-4-3-5-9-16)15(20)10-12-6-7-13(17)11-14(12)18/h6-7,11,15,20H,3-5,8-10H2,1-2H3. The zero-order valence-corrected chi connectivity index (χ0v) is 12.2. The first-order valence-corrected chi connectivity index (χ1v) is 7.25. The van der Waals surface area contributed by atoms with Crippen LogP contribution in [0.15, 0.2) is 18.2 Å². The Morgan fingerprint density at radius 2 is 1.85 bits per heavy atom. The van der Waals surface area contributed by atoms with E-state index in [0.29, 0.717) is 5.56 Å². The molecule has 1 N–H and O–H groups in total. The van der Waals surface area contributed by atoms with E-state index in [2.05, 4.69) is 4.90 Å². The summed E-state index contributed by atoms with van der Waals surface area (Å²) in [5.41, 5.74) is 0.0877. The molecule has 0 amide bonds. The molecule has 2 rings (SSSR count). The first-order chi connectivity index (χ1) is 9.45. The van der Waals surface area contributed by atoms with Gasteiger partial charge in [0.15, 0.2) is 0 Å². The fourth-order valence-corrected chi connectivity index (χ4v) is 3.33. The van der Waals surface area contributed by atoms with Gasteiger partial charge in [-0.3, -0.25) is 0 Å². The van der Waals surface area contributed by atoms with E-state index in [1.807, 2.05) is 14.1 Å². The lowest BCUT2D eigenvalue weighted by molar-refractivity contribution is -0.0313. The minimum Gasteiger partial charge on any atom is -0.391 e. The molecule has 1 aliphatic rings. The van der Waals surface area contributed by atoms with Crippen LogP contribution in [0, 0.1) is 11.6 Å². The second-order valence-electron chi connectivity index (χ2n) is 6.01. The van der Waals surface area contributed by atoms with Gasteiger partial charge in [0.25, 0.3) is 0 Å². The normalized spacial score (nSPS) is 20.1. The van der Waals surface area contributed by atoms with Crippen molar-refractivity contribution in [3.05, 3.63) is 35.4 Å². The Kier molecular flexibility index (Phi) is 4.76. The fraction of sp³-hybridized carbons (Fsp3) is 0.625. The summed E-state index contributed by atoms with van der Waals surface area (Å²) in [6.45, 7) is 0. The zero-order chi connectivity index (χ0) is 14.8. The molecule has 0 spiro atoms. The maximum absolute atomic E-state index is 13.7. The second kappa shape index (κ2) is 6.19. The molecule has 1 saturated carbocycles. The van der Waals surface area contributed by atoms with Crippen molar-refractivity contribution >= 4 is 0 Å². The Labute approximate surface area is 119 Å². The van der Waals surface area contributed by atoms with Crippen molar-refractivity contribution < 1.29 is 13.9 Å². The topological polar surface area (TPSA) is 23.5 Å². The van der Waals surface area contributed by atoms with Gasteiger partial charge in [-0.15, -0.1) is 0 Å². The molecule has 0 aliphatic heterocycles. The van der Waals surface area contributed by atoms with Crippen LogP contribution >= 0.6 is 0 Å². The van der Waals surface area contributed by atoms with E-state index in [9.17, 15) is 13.9 Å². The number of hydrogen-bond donors (Lipinski definition) is 1. The number of halogens is 2. The predicted octanol–water partition coefficient (Wildman–Crippen LogP) is 3.13. The first kappa shape index (κ1) is 15.4. The molecule has 20 heavy (non-hydrogen) atoms. The van der Waals surface area contributed by atoms with Crippen LogP contribution in [0.1, 0.15) is 37.7 Å². The van der Waals surface area contributed by atoms with Crippen molar-refractivity contribution in [2.75, 3.05) is 14.1 Å². The van der Waals surface area contributed by atoms with Crippen LogP contribution in [0.25, 0.3) is 0 Å². The highest BCUT2D eigenvalue weighted by Crippen LogP contribution is 2.36. The van der Waals surface area contributed by atoms with Crippen molar-refractivity contribution in [1.82, 2.24) is 4.90 Å². The Morgan fingerprint density at radius 1 is 1.20 bits per heavy atom. The Bertz CT molecular complexity index is 456. The lowest BCUT2D eigenvalue weighted by atomic mass is 9.75. The van der Waals surface area contributed by atoms with E-state index >= 15 is 0 Å². The number of aliphatic hydroxyl groups excluding tert-OH is 1. The average molecular weight is 283 g/mol. The minimum atomic E-state index is -0.641. The van der Waals surface area contributed by atoms with Gasteiger partial charge in [-0.05, 0) is 38.6 Å². The number of rotatable bonds is 4. The highest BCUT2D eigenvalue weighted by molar-refractivity contribution is 5.20. The van der Waals surface area contributed by atoms with E-state index < -0.39 is 17.7 Å². The summed E-state index contributed by atoms with van der Waals surface area (Å²) in [7, 11) is 3.94. The molecule has 0 radical (unpaired) electrons. The predicted molar refractivity (Wildman–Crippen MR) is 75.6 cm³/mol. The molecule has 0 heterocycles. The number of likely N-dealkylation sites (N-methyl/N-ethyl adjacent to an activating group) is 1. The van der Waals surface area contributed by atoms with Crippen LogP contribution < -0.4 is 0 Å². The third kappa shape index (κ3) is 3.01. The monoisotopic (exact) mass is 283 g/mol. The van der Waals surface area contributed by atoms with E-state index in [-0.39, 0.29) is 12.0 Å². The minimum absolute atomic E-state index is 0.226. The molecule has 1 aromatic carbocycles. The van der Waals surface area contributed by atoms with Crippen molar-refractivity contribution in [2.45, 2.75) is 50.2 Å². The summed E-state index contributed by atoms with van der Waals surface area (Å²) in [5, 5.41) is 10.6. The van der Waals surface area contributed by atoms with E-state index in [1.165, 1.54) is 18.6 Å². The van der Waals surface area contributed by atoms with Crippen LogP contribution in [0.2, 0.25) is 0 Å². The quantitative estimate of drug-likeness (QED) is 0.917. The Hall–Kier alpha value is -1.00. The third-order valence-corrected chi connectivity index (χ3v) is 4.66. The molecule has 112 valence electrons. The largest absolute Gasteiger partial charge is 0.391 e. The smallest absolute Gasteiger partial charge is 0.129 e. The maximum Gasteiger partial charge on any atom is 0.129 e. The highest BCUT2D eigenvalue weighted by Gasteiger charge is 2.41. The van der Waals surface area contributed by atoms with Crippen molar-refractivity contribution in [3.8, 4) is 0 Å². The molecule has 1 fully saturated rings. The molecule has 0 aromatic heterocycles. The third-order valence-electron chi connectivity index (χ3n) is 4.66. The summed E-state index contributed by atoms with van der Waals surface area (Å²) in [4.78, 5) is 2.07. The SMILES string of the molecule is CN(C)C1(C(O)Cc2ccc(F)cc2F)CCCCC1. The summed E-state index contributed by atoms with van der Waals surface area (Å²) >= 11 is 0. The van der Waals surface area contributed by atoms with Gasteiger partial charge in [-0.25, -0.2) is 8.78 Å². The fourth-order valence-electron chi connectivity index (χ4n) is 3.33. The molecule has 1 aromatic rings. The molecule has 0 saturated heterocycles. The van der Waals surface area contributed by atoms with Gasteiger partial charge in [-0.2, -0.15) is 0 Å². The van der Waals surface area contributed by atoms with Crippen LogP contribution in [-0.2, 0) is 6.42 Å². The lowest BCUT2D eigenvalue weighted by Gasteiger charge is -2.46. The zero-order valence-electron chi connectivity index (χ0n) is 12.2. The van der Waals surface area contributed by atoms with Crippen LogP contribution in [0.5, 0.6) is 0 Å². The molecule has 0 bridgehead atoms. The Morgan fingerprint density at radius 3 is 2.40 bits per heavy atom. The van der Waals surface area contributed by atoms with Gasteiger partial charge < -0.3 is 10.0 Å². The number of hydrogen-bond acceptors (Lipinski definition) is 2. The van der Waals surface area contributed by atoms with Gasteiger partial charge >= 0.3 is 0 Å². The molecular weight excluding hydrogens is 260 g/mol. The maximum atomic E-state index is 13.7. The average Bonchev–Trinajstić information content (AvgIpc) is 2.42. The van der Waals surface area contributed by atoms with Crippen LogP contribution in [-0.4, -0.2) is 35.7 Å². The van der Waals surface area contributed by atoms with Crippen LogP contribution in [0.3, 0.4) is 0 Å². The molecular formula is C16H23F2NO. The summed E-state index contributed by atoms with van der Waals surface area (Å²) in [5.74, 6) is -1.16. The van der Waals surface area contributed by atoms with Crippen molar-refractivity contribution in [3.63, 3.8) is 0 Å². The first-order valence-electron chi connectivity index (χ1n) is 7.25. The molecule has 2 nitrogen and oxygen atoms in total. The summed E-state index contributed by atoms with van der Waals surface area (Å²) < 4.78 is 26.7. The number of benzene rings is 1. The molecule has 1 atom stereocenters. The van der Waals surface area contributed by atoms with Gasteiger partial charge in [-0.1, -0.05) is 25.3 Å². The summed E-state index contributed by atoms with van der Waals surface area (Å²) in [6, 6.07) is 3.56. The Balaban J connectivity index is 2.18. The van der Waals surface area contributed by atoms with Crippen molar-refractivity contribution in [2.24, 2.45) is 0 Å². The molecule has 4 heteroatoms. The summed E-state index contributed by atoms with van der Waals surface area (Å²) in [6.07, 6.45) is 4.78. The number of aliphatic hydroxyl groups is 1. The molecule has 1 aliphatic carbocycles. The van der Waals surface area contributed by atoms with Gasteiger partial charge in [0.2, 0.25) is 0 Å². The van der Waals surface area contributed by atoms with E-state index in [0.717, 1.165) is 31.7 Å². The second-order valence-corrected chi connectivity index (χ2v) is 6.01. The van der Waals surface area contributed by atoms with E-state index in [4.69, 9.17) is 0 Å². The highest BCUT2D eigenvalue weighted by atomic mass is 19.1. The van der Waals surface area contributed by atoms with Gasteiger partial charge in [0, 0.05) is 18.0 Å². The van der Waals surface area contributed by atoms with Crippen molar-refractivity contribution in [1.29, 1.82) is 0 Å². The van der Waals surface area contributed by atoms with Gasteiger partial charge in [0.05, 0.1) is 6.10 Å². The van der Waals surface area contributed by atoms with Gasteiger partial charge in [0.1, 0.15) is 11.6 Å². The number of nitrogens with zero attached hydrogens (tertiary/aromatic N) is 1. The molecule has 1 unspecified atom stereocenters. The van der Waals surface area contributed by atoms with Crippen LogP contribution in [0.4, 0.5) is 8.78 Å². The van der Waals surface area contributed by atoms with E-state index in [1.54, 1.807) is 0 Å².